The molecule has 0 bridgehead atoms. The van der Waals surface area contributed by atoms with Crippen LogP contribution < -0.4 is 21.3 Å². The molecular formula is C20H25N7O7. The summed E-state index contributed by atoms with van der Waals surface area (Å²) in [6.07, 6.45) is -0.799. The van der Waals surface area contributed by atoms with Crippen molar-refractivity contribution in [1.29, 1.82) is 0 Å². The molecule has 0 radical (unpaired) electrons. The van der Waals surface area contributed by atoms with Crippen LogP contribution in [-0.4, -0.2) is 66.7 Å². The van der Waals surface area contributed by atoms with Crippen molar-refractivity contribution in [3.63, 3.8) is 0 Å². The molecule has 14 heteroatoms. The van der Waals surface area contributed by atoms with Crippen molar-refractivity contribution >= 4 is 46.5 Å². The van der Waals surface area contributed by atoms with Gasteiger partial charge in [-0.05, 0) is 31.2 Å². The molecule has 182 valence electrons. The van der Waals surface area contributed by atoms with Crippen LogP contribution in [0.2, 0.25) is 0 Å². The molecule has 0 aliphatic heterocycles. The number of nitrogens with one attached hydrogen (secondary N) is 2. The highest BCUT2D eigenvalue weighted by Gasteiger charge is 2.22. The van der Waals surface area contributed by atoms with Crippen molar-refractivity contribution in [2.24, 2.45) is 5.16 Å². The van der Waals surface area contributed by atoms with Gasteiger partial charge in [0.1, 0.15) is 11.5 Å². The first-order chi connectivity index (χ1) is 16.2. The molecule has 1 aromatic heterocycles. The van der Waals surface area contributed by atoms with E-state index in [-0.39, 0.29) is 36.9 Å². The number of pyridine rings is 1. The minimum absolute atomic E-state index is 0.0458. The van der Waals surface area contributed by atoms with Crippen LogP contribution in [0.3, 0.4) is 0 Å². The molecule has 1 amide bonds. The number of nitro groups is 1. The van der Waals surface area contributed by atoms with Crippen LogP contribution in [0.1, 0.15) is 17.3 Å². The largest absolute Gasteiger partial charge is 0.465 e. The van der Waals surface area contributed by atoms with E-state index in [9.17, 15) is 24.9 Å². The van der Waals surface area contributed by atoms with Crippen molar-refractivity contribution < 1.29 is 29.2 Å². The quantitative estimate of drug-likeness (QED) is 0.129. The number of esters is 1. The number of hydrogen-bond donors (Lipinski definition) is 4. The van der Waals surface area contributed by atoms with Crippen molar-refractivity contribution in [2.45, 2.75) is 6.92 Å². The number of ether oxygens (including phenoxy) is 2. The molecular weight excluding hydrogens is 450 g/mol. The van der Waals surface area contributed by atoms with E-state index >= 15 is 0 Å². The fourth-order valence-electron chi connectivity index (χ4n) is 2.88. The van der Waals surface area contributed by atoms with E-state index in [4.69, 9.17) is 10.5 Å². The van der Waals surface area contributed by atoms with Crippen LogP contribution in [0.15, 0.2) is 35.5 Å². The Morgan fingerprint density at radius 2 is 2.00 bits per heavy atom. The summed E-state index contributed by atoms with van der Waals surface area (Å²) in [5, 5.41) is 29.3. The molecule has 34 heavy (non-hydrogen) atoms. The lowest BCUT2D eigenvalue weighted by Crippen LogP contribution is -2.30. The zero-order valence-corrected chi connectivity index (χ0v) is 18.8. The Bertz CT molecular complexity index is 1070. The van der Waals surface area contributed by atoms with Crippen LogP contribution in [0, 0.1) is 10.1 Å². The van der Waals surface area contributed by atoms with Gasteiger partial charge in [-0.15, -0.1) is 0 Å². The third-order valence-corrected chi connectivity index (χ3v) is 4.48. The number of anilines is 4. The lowest BCUT2D eigenvalue weighted by atomic mass is 10.2. The molecule has 0 aliphatic carbocycles. The lowest BCUT2D eigenvalue weighted by molar-refractivity contribution is -0.383. The number of rotatable bonds is 10. The first-order valence-corrected chi connectivity index (χ1v) is 9.92. The Kier molecular flexibility index (Phi) is 8.93. The Balaban J connectivity index is 2.14. The molecule has 0 aliphatic rings. The fraction of sp³-hybridized carbons (Fsp3) is 0.300. The summed E-state index contributed by atoms with van der Waals surface area (Å²) in [4.78, 5) is 39.5. The van der Waals surface area contributed by atoms with Gasteiger partial charge in [-0.1, -0.05) is 5.16 Å². The molecule has 14 nitrogen and oxygen atoms in total. The molecule has 0 saturated heterocycles. The predicted molar refractivity (Wildman–Crippen MR) is 125 cm³/mol. The topological polar surface area (TPSA) is 195 Å². The summed E-state index contributed by atoms with van der Waals surface area (Å²) in [6.45, 7) is 1.78. The standard InChI is InChI=1S/C20H25N7O7/c1-4-34-20(29)24-16-9-15(17(27(31)32)18(21)23-16)22-10-13(25-30)11-26(2)14-7-5-12(6-8-14)19(28)33-3/h5-9,30H,4,10-11H2,1-3H3,(H4,21,22,23,24,29)/b25-13-. The maximum absolute atomic E-state index is 11.6. The van der Waals surface area contributed by atoms with Gasteiger partial charge in [0, 0.05) is 18.8 Å². The van der Waals surface area contributed by atoms with Gasteiger partial charge in [0.15, 0.2) is 0 Å². The normalized spacial score (nSPS) is 10.9. The van der Waals surface area contributed by atoms with E-state index in [0.29, 0.717) is 11.3 Å². The fourth-order valence-corrected chi connectivity index (χ4v) is 2.88. The summed E-state index contributed by atoms with van der Waals surface area (Å²) in [5.74, 6) is -0.951. The molecule has 0 atom stereocenters. The lowest BCUT2D eigenvalue weighted by Gasteiger charge is -2.20. The number of nitrogen functional groups attached to an aromatic ring is 1. The van der Waals surface area contributed by atoms with Crippen LogP contribution in [0.5, 0.6) is 0 Å². The second kappa shape index (κ2) is 11.8. The Morgan fingerprint density at radius 3 is 2.56 bits per heavy atom. The molecule has 1 aromatic carbocycles. The number of aromatic nitrogens is 1. The van der Waals surface area contributed by atoms with Crippen LogP contribution in [0.4, 0.5) is 33.5 Å². The monoisotopic (exact) mass is 475 g/mol. The van der Waals surface area contributed by atoms with E-state index < -0.39 is 28.5 Å². The number of benzene rings is 1. The van der Waals surface area contributed by atoms with Gasteiger partial charge in [-0.3, -0.25) is 15.4 Å². The van der Waals surface area contributed by atoms with Crippen LogP contribution >= 0.6 is 0 Å². The maximum Gasteiger partial charge on any atom is 0.412 e. The molecule has 5 N–H and O–H groups in total. The average Bonchev–Trinajstić information content (AvgIpc) is 2.80. The number of amides is 1. The molecule has 0 spiro atoms. The zero-order valence-electron chi connectivity index (χ0n) is 18.8. The molecule has 1 heterocycles. The van der Waals surface area contributed by atoms with Gasteiger partial charge in [0.2, 0.25) is 5.82 Å². The highest BCUT2D eigenvalue weighted by molar-refractivity contribution is 5.94. The van der Waals surface area contributed by atoms with E-state index in [1.165, 1.54) is 13.2 Å². The zero-order chi connectivity index (χ0) is 25.3. The minimum atomic E-state index is -0.799. The summed E-state index contributed by atoms with van der Waals surface area (Å²) in [7, 11) is 3.02. The van der Waals surface area contributed by atoms with Gasteiger partial charge in [0.05, 0.1) is 43.0 Å². The maximum atomic E-state index is 11.6. The first kappa shape index (κ1) is 25.6. The van der Waals surface area contributed by atoms with Crippen molar-refractivity contribution in [2.75, 3.05) is 55.1 Å². The first-order valence-electron chi connectivity index (χ1n) is 9.92. The third-order valence-electron chi connectivity index (χ3n) is 4.48. The van der Waals surface area contributed by atoms with Gasteiger partial charge in [0.25, 0.3) is 0 Å². The minimum Gasteiger partial charge on any atom is -0.465 e. The summed E-state index contributed by atoms with van der Waals surface area (Å²) < 4.78 is 9.43. The van der Waals surface area contributed by atoms with E-state index in [2.05, 4.69) is 25.5 Å². The molecule has 0 saturated carbocycles. The number of nitrogens with zero attached hydrogens (tertiary/aromatic N) is 4. The van der Waals surface area contributed by atoms with Crippen molar-refractivity contribution in [3.05, 3.63) is 46.0 Å². The Labute approximate surface area is 194 Å². The number of carbonyl (C=O) groups excluding carboxylic acids is 2. The van der Waals surface area contributed by atoms with Crippen molar-refractivity contribution in [3.8, 4) is 0 Å². The predicted octanol–water partition coefficient (Wildman–Crippen LogP) is 2.31. The third kappa shape index (κ3) is 6.69. The van der Waals surface area contributed by atoms with Crippen LogP contribution in [0.25, 0.3) is 0 Å². The molecule has 0 unspecified atom stereocenters. The van der Waals surface area contributed by atoms with Crippen molar-refractivity contribution in [1.82, 2.24) is 4.98 Å². The SMILES string of the molecule is CCOC(=O)Nc1cc(NC/C(CN(C)c2ccc(C(=O)OC)cc2)=N/O)c([N+](=O)[O-])c(N)n1. The second-order valence-corrected chi connectivity index (χ2v) is 6.81. The summed E-state index contributed by atoms with van der Waals surface area (Å²) in [5.41, 5.74) is 6.48. The Morgan fingerprint density at radius 1 is 1.32 bits per heavy atom. The van der Waals surface area contributed by atoms with Crippen LogP contribution in [-0.2, 0) is 9.47 Å². The number of nitrogens with two attached hydrogens (primary N) is 1. The van der Waals surface area contributed by atoms with Gasteiger partial charge < -0.3 is 30.6 Å². The number of oxime groups is 1. The van der Waals surface area contributed by atoms with E-state index in [0.717, 1.165) is 0 Å². The number of carbonyl (C=O) groups is 2. The van der Waals surface area contributed by atoms with Gasteiger partial charge in [-0.2, -0.15) is 0 Å². The Hall–Kier alpha value is -4.62. The molecule has 2 rings (SSSR count). The van der Waals surface area contributed by atoms with E-state index in [1.54, 1.807) is 43.1 Å². The summed E-state index contributed by atoms with van der Waals surface area (Å²) >= 11 is 0. The molecule has 2 aromatic rings. The number of methoxy groups -OCH3 is 1. The average molecular weight is 475 g/mol. The smallest absolute Gasteiger partial charge is 0.412 e. The summed E-state index contributed by atoms with van der Waals surface area (Å²) in [6, 6.07) is 7.78. The number of hydrogen-bond acceptors (Lipinski definition) is 12. The van der Waals surface area contributed by atoms with Gasteiger partial charge >= 0.3 is 17.7 Å². The highest BCUT2D eigenvalue weighted by atomic mass is 16.6. The van der Waals surface area contributed by atoms with Gasteiger partial charge in [-0.25, -0.2) is 14.6 Å². The highest BCUT2D eigenvalue weighted by Crippen LogP contribution is 2.32. The molecule has 0 fully saturated rings. The van der Waals surface area contributed by atoms with E-state index in [1.807, 2.05) is 0 Å². The second-order valence-electron chi connectivity index (χ2n) is 6.81.